The molecule has 0 aromatic heterocycles. The van der Waals surface area contributed by atoms with Gasteiger partial charge >= 0.3 is 0 Å². The van der Waals surface area contributed by atoms with E-state index in [9.17, 15) is 9.59 Å². The van der Waals surface area contributed by atoms with Crippen LogP contribution in [0.1, 0.15) is 43.9 Å². The lowest BCUT2D eigenvalue weighted by molar-refractivity contribution is -0.142. The summed E-state index contributed by atoms with van der Waals surface area (Å²) in [5.74, 6) is 0.215. The Morgan fingerprint density at radius 2 is 1.90 bits per heavy atom. The van der Waals surface area contributed by atoms with E-state index in [-0.39, 0.29) is 18.4 Å². The van der Waals surface area contributed by atoms with Gasteiger partial charge in [-0.1, -0.05) is 49.7 Å². The van der Waals surface area contributed by atoms with E-state index in [1.165, 1.54) is 5.56 Å². The van der Waals surface area contributed by atoms with Gasteiger partial charge in [-0.3, -0.25) is 9.59 Å². The van der Waals surface area contributed by atoms with Crippen LogP contribution in [0, 0.1) is 6.92 Å². The van der Waals surface area contributed by atoms with E-state index < -0.39 is 6.04 Å². The number of carbonyl (C=O) groups excluding carboxylic acids is 2. The maximum absolute atomic E-state index is 13.1. The Morgan fingerprint density at radius 3 is 2.53 bits per heavy atom. The van der Waals surface area contributed by atoms with Crippen molar-refractivity contribution in [1.29, 1.82) is 0 Å². The minimum Gasteiger partial charge on any atom is -0.483 e. The third-order valence-electron chi connectivity index (χ3n) is 4.91. The first-order chi connectivity index (χ1) is 14.3. The first kappa shape index (κ1) is 23.9. The summed E-state index contributed by atoms with van der Waals surface area (Å²) in [4.78, 5) is 27.2. The summed E-state index contributed by atoms with van der Waals surface area (Å²) in [6.45, 7) is 8.64. The van der Waals surface area contributed by atoms with E-state index in [2.05, 4.69) is 28.2 Å². The summed E-state index contributed by atoms with van der Waals surface area (Å²) < 4.78 is 6.60. The van der Waals surface area contributed by atoms with E-state index in [0.717, 1.165) is 28.4 Å². The van der Waals surface area contributed by atoms with Crippen LogP contribution in [0.15, 0.2) is 46.9 Å². The summed E-state index contributed by atoms with van der Waals surface area (Å²) in [6, 6.07) is 13.2. The molecule has 0 unspecified atom stereocenters. The Kier molecular flexibility index (Phi) is 9.37. The molecule has 162 valence electrons. The zero-order valence-corrected chi connectivity index (χ0v) is 19.8. The molecule has 2 amide bonds. The van der Waals surface area contributed by atoms with Gasteiger partial charge in [0, 0.05) is 13.1 Å². The lowest BCUT2D eigenvalue weighted by Crippen LogP contribution is -2.49. The first-order valence-electron chi connectivity index (χ1n) is 10.4. The molecule has 30 heavy (non-hydrogen) atoms. The van der Waals surface area contributed by atoms with Crippen molar-refractivity contribution < 1.29 is 14.3 Å². The molecule has 5 nitrogen and oxygen atoms in total. The van der Waals surface area contributed by atoms with Crippen LogP contribution < -0.4 is 10.1 Å². The molecule has 0 bridgehead atoms. The van der Waals surface area contributed by atoms with Gasteiger partial charge in [0.05, 0.1) is 4.47 Å². The summed E-state index contributed by atoms with van der Waals surface area (Å²) >= 11 is 3.50. The molecule has 2 rings (SSSR count). The molecule has 0 saturated carbocycles. The molecule has 0 saturated heterocycles. The standard InChI is InChI=1S/C24H31BrN2O3/c1-5-12-26-24(29)18(4)27(15-20-9-7-8-17(3)13-20)23(28)16-30-22-11-10-19(6-2)14-21(22)25/h7-11,13-14,18H,5-6,12,15-16H2,1-4H3,(H,26,29)/t18-/m0/s1. The molecule has 0 spiro atoms. The minimum atomic E-state index is -0.598. The zero-order chi connectivity index (χ0) is 22.1. The predicted octanol–water partition coefficient (Wildman–Crippen LogP) is 4.64. The average Bonchev–Trinajstić information content (AvgIpc) is 2.74. The van der Waals surface area contributed by atoms with Crippen LogP contribution in [0.2, 0.25) is 0 Å². The number of rotatable bonds is 10. The van der Waals surface area contributed by atoms with E-state index in [1.807, 2.05) is 56.3 Å². The number of halogens is 1. The Balaban J connectivity index is 2.15. The summed E-state index contributed by atoms with van der Waals surface area (Å²) in [6.07, 6.45) is 1.77. The highest BCUT2D eigenvalue weighted by molar-refractivity contribution is 9.10. The molecule has 0 heterocycles. The number of hydrogen-bond acceptors (Lipinski definition) is 3. The molecular weight excluding hydrogens is 444 g/mol. The predicted molar refractivity (Wildman–Crippen MR) is 124 cm³/mol. The number of nitrogens with zero attached hydrogens (tertiary/aromatic N) is 1. The van der Waals surface area contributed by atoms with Crippen molar-refractivity contribution in [1.82, 2.24) is 10.2 Å². The maximum Gasteiger partial charge on any atom is 0.261 e. The normalized spacial score (nSPS) is 11.6. The third-order valence-corrected chi connectivity index (χ3v) is 5.53. The number of carbonyl (C=O) groups is 2. The van der Waals surface area contributed by atoms with Gasteiger partial charge in [-0.05, 0) is 65.9 Å². The monoisotopic (exact) mass is 474 g/mol. The third kappa shape index (κ3) is 6.87. The zero-order valence-electron chi connectivity index (χ0n) is 18.2. The topological polar surface area (TPSA) is 58.6 Å². The van der Waals surface area contributed by atoms with Crippen LogP contribution in [0.4, 0.5) is 0 Å². The molecule has 0 aliphatic rings. The Morgan fingerprint density at radius 1 is 1.13 bits per heavy atom. The lowest BCUT2D eigenvalue weighted by atomic mass is 10.1. The molecule has 6 heteroatoms. The highest BCUT2D eigenvalue weighted by Gasteiger charge is 2.26. The molecule has 0 aliphatic heterocycles. The second kappa shape index (κ2) is 11.7. The Hall–Kier alpha value is -2.34. The van der Waals surface area contributed by atoms with Crippen molar-refractivity contribution >= 4 is 27.7 Å². The van der Waals surface area contributed by atoms with Crippen LogP contribution in [-0.4, -0.2) is 35.9 Å². The van der Waals surface area contributed by atoms with Gasteiger partial charge in [0.15, 0.2) is 6.61 Å². The van der Waals surface area contributed by atoms with Crippen molar-refractivity contribution in [3.05, 3.63) is 63.6 Å². The van der Waals surface area contributed by atoms with Crippen molar-refractivity contribution in [2.24, 2.45) is 0 Å². The summed E-state index contributed by atoms with van der Waals surface area (Å²) in [5.41, 5.74) is 3.27. The molecule has 0 radical (unpaired) electrons. The molecule has 2 aromatic rings. The number of aryl methyl sites for hydroxylation is 2. The number of nitrogens with one attached hydrogen (secondary N) is 1. The first-order valence-corrected chi connectivity index (χ1v) is 11.2. The van der Waals surface area contributed by atoms with Gasteiger partial charge in [0.1, 0.15) is 11.8 Å². The largest absolute Gasteiger partial charge is 0.483 e. The fraction of sp³-hybridized carbons (Fsp3) is 0.417. The van der Waals surface area contributed by atoms with Crippen LogP contribution in [0.5, 0.6) is 5.75 Å². The van der Waals surface area contributed by atoms with Crippen LogP contribution in [-0.2, 0) is 22.6 Å². The number of benzene rings is 2. The molecule has 1 N–H and O–H groups in total. The maximum atomic E-state index is 13.1. The molecule has 0 aliphatic carbocycles. The van der Waals surface area contributed by atoms with Crippen molar-refractivity contribution in [3.8, 4) is 5.75 Å². The molecular formula is C24H31BrN2O3. The van der Waals surface area contributed by atoms with Gasteiger partial charge in [-0.15, -0.1) is 0 Å². The second-order valence-corrected chi connectivity index (χ2v) is 8.24. The number of amides is 2. The van der Waals surface area contributed by atoms with E-state index in [4.69, 9.17) is 4.74 Å². The van der Waals surface area contributed by atoms with Gasteiger partial charge in [-0.2, -0.15) is 0 Å². The number of hydrogen-bond donors (Lipinski definition) is 1. The smallest absolute Gasteiger partial charge is 0.261 e. The number of ether oxygens (including phenoxy) is 1. The highest BCUT2D eigenvalue weighted by Crippen LogP contribution is 2.26. The van der Waals surface area contributed by atoms with Gasteiger partial charge in [-0.25, -0.2) is 0 Å². The van der Waals surface area contributed by atoms with Crippen molar-refractivity contribution in [3.63, 3.8) is 0 Å². The average molecular weight is 475 g/mol. The van der Waals surface area contributed by atoms with Gasteiger partial charge < -0.3 is 15.0 Å². The minimum absolute atomic E-state index is 0.138. The van der Waals surface area contributed by atoms with E-state index in [1.54, 1.807) is 11.8 Å². The van der Waals surface area contributed by atoms with E-state index >= 15 is 0 Å². The van der Waals surface area contributed by atoms with Gasteiger partial charge in [0.2, 0.25) is 5.91 Å². The van der Waals surface area contributed by atoms with E-state index in [0.29, 0.717) is 18.8 Å². The molecule has 1 atom stereocenters. The quantitative estimate of drug-likeness (QED) is 0.545. The van der Waals surface area contributed by atoms with Crippen LogP contribution in [0.3, 0.4) is 0 Å². The summed E-state index contributed by atoms with van der Waals surface area (Å²) in [5, 5.41) is 2.88. The Labute approximate surface area is 187 Å². The highest BCUT2D eigenvalue weighted by atomic mass is 79.9. The van der Waals surface area contributed by atoms with Crippen LogP contribution >= 0.6 is 15.9 Å². The fourth-order valence-corrected chi connectivity index (χ4v) is 3.63. The van der Waals surface area contributed by atoms with Crippen LogP contribution in [0.25, 0.3) is 0 Å². The summed E-state index contributed by atoms with van der Waals surface area (Å²) in [7, 11) is 0. The second-order valence-electron chi connectivity index (χ2n) is 7.38. The Bertz CT molecular complexity index is 869. The SMILES string of the molecule is CCCNC(=O)[C@H](C)N(Cc1cccc(C)c1)C(=O)COc1ccc(CC)cc1Br. The fourth-order valence-electron chi connectivity index (χ4n) is 3.09. The van der Waals surface area contributed by atoms with Gasteiger partial charge in [0.25, 0.3) is 5.91 Å². The van der Waals surface area contributed by atoms with Crippen molar-refractivity contribution in [2.75, 3.05) is 13.2 Å². The molecule has 2 aromatic carbocycles. The molecule has 0 fully saturated rings. The lowest BCUT2D eigenvalue weighted by Gasteiger charge is -2.29. The van der Waals surface area contributed by atoms with Crippen molar-refractivity contribution in [2.45, 2.75) is 53.1 Å².